The summed E-state index contributed by atoms with van der Waals surface area (Å²) in [5, 5.41) is 11.5. The van der Waals surface area contributed by atoms with Crippen LogP contribution in [0.5, 0.6) is 0 Å². The number of allylic oxidation sites excluding steroid dienone is 2. The zero-order valence-electron chi connectivity index (χ0n) is 12.0. The van der Waals surface area contributed by atoms with Crippen LogP contribution in [-0.4, -0.2) is 17.3 Å². The molecule has 0 aliphatic rings. The van der Waals surface area contributed by atoms with Gasteiger partial charge in [0, 0.05) is 30.7 Å². The Kier molecular flexibility index (Phi) is 6.79. The fourth-order valence-electron chi connectivity index (χ4n) is 1.70. The van der Waals surface area contributed by atoms with E-state index in [1.165, 1.54) is 42.8 Å². The second kappa shape index (κ2) is 8.57. The van der Waals surface area contributed by atoms with Gasteiger partial charge in [-0.3, -0.25) is 4.99 Å². The Morgan fingerprint density at radius 2 is 2.04 bits per heavy atom. The molecule has 4 nitrogen and oxygen atoms in total. The van der Waals surface area contributed by atoms with Crippen LogP contribution in [0.2, 0.25) is 0 Å². The van der Waals surface area contributed by atoms with E-state index < -0.39 is 17.7 Å². The molecule has 0 atom stereocenters. The second-order valence-corrected chi connectivity index (χ2v) is 4.29. The quantitative estimate of drug-likeness (QED) is 0.458. The molecule has 1 rings (SSSR count). The van der Waals surface area contributed by atoms with Crippen LogP contribution >= 0.6 is 0 Å². The van der Waals surface area contributed by atoms with E-state index in [4.69, 9.17) is 5.11 Å². The molecule has 0 spiro atoms. The minimum absolute atomic E-state index is 0.0180. The van der Waals surface area contributed by atoms with Crippen LogP contribution in [0.25, 0.3) is 0 Å². The van der Waals surface area contributed by atoms with E-state index in [0.29, 0.717) is 0 Å². The number of rotatable bonds is 7. The molecule has 0 bridgehead atoms. The Balaban J connectivity index is 2.92. The van der Waals surface area contributed by atoms with Crippen molar-refractivity contribution >= 4 is 12.2 Å². The van der Waals surface area contributed by atoms with E-state index in [0.717, 1.165) is 12.1 Å². The lowest BCUT2D eigenvalue weighted by atomic mass is 10.1. The average molecular weight is 324 g/mol. The molecule has 7 heteroatoms. The highest BCUT2D eigenvalue weighted by Crippen LogP contribution is 2.31. The third-order valence-electron chi connectivity index (χ3n) is 2.64. The summed E-state index contributed by atoms with van der Waals surface area (Å²) < 4.78 is 38.7. The Bertz CT molecular complexity index is 647. The number of hydrogen-bond donors (Lipinski definition) is 2. The molecule has 1 aromatic carbocycles. The molecule has 0 radical (unpaired) electrons. The van der Waals surface area contributed by atoms with Crippen molar-refractivity contribution in [2.75, 3.05) is 0 Å². The molecular formula is C16H15F3N2O2. The molecule has 0 saturated carbocycles. The second-order valence-electron chi connectivity index (χ2n) is 4.29. The first-order valence-electron chi connectivity index (χ1n) is 6.49. The van der Waals surface area contributed by atoms with Gasteiger partial charge in [-0.15, -0.1) is 0 Å². The minimum Gasteiger partial charge on any atom is -0.478 e. The minimum atomic E-state index is -4.47. The maximum atomic E-state index is 12.9. The topological polar surface area (TPSA) is 61.7 Å². The Hall–Kier alpha value is -2.83. The Morgan fingerprint density at radius 3 is 2.65 bits per heavy atom. The number of alkyl halides is 3. The van der Waals surface area contributed by atoms with Gasteiger partial charge in [0.25, 0.3) is 0 Å². The zero-order valence-corrected chi connectivity index (χ0v) is 12.0. The Labute approximate surface area is 131 Å². The summed E-state index contributed by atoms with van der Waals surface area (Å²) in [6.45, 7) is 3.20. The highest BCUT2D eigenvalue weighted by atomic mass is 19.4. The zero-order chi connectivity index (χ0) is 17.3. The largest absolute Gasteiger partial charge is 0.478 e. The number of nitrogens with zero attached hydrogens (tertiary/aromatic N) is 1. The van der Waals surface area contributed by atoms with Gasteiger partial charge in [0.2, 0.25) is 0 Å². The highest BCUT2D eigenvalue weighted by Gasteiger charge is 2.32. The average Bonchev–Trinajstić information content (AvgIpc) is 2.47. The lowest BCUT2D eigenvalue weighted by Crippen LogP contribution is -2.17. The molecule has 0 saturated heterocycles. The van der Waals surface area contributed by atoms with Crippen LogP contribution in [0, 0.1) is 0 Å². The SMILES string of the molecule is C=C/N=C/C=C\C(=C\C(=O)O)NCc1ccccc1C(F)(F)F. The Morgan fingerprint density at radius 1 is 1.35 bits per heavy atom. The third-order valence-corrected chi connectivity index (χ3v) is 2.64. The van der Waals surface area contributed by atoms with Crippen molar-refractivity contribution in [1.82, 2.24) is 5.32 Å². The molecule has 0 heterocycles. The van der Waals surface area contributed by atoms with Gasteiger partial charge in [-0.1, -0.05) is 24.8 Å². The van der Waals surface area contributed by atoms with E-state index in [1.54, 1.807) is 0 Å². The number of nitrogens with one attached hydrogen (secondary N) is 1. The van der Waals surface area contributed by atoms with Crippen LogP contribution < -0.4 is 5.32 Å². The number of carboxylic acids is 1. The van der Waals surface area contributed by atoms with Crippen molar-refractivity contribution in [3.05, 3.63) is 72.1 Å². The van der Waals surface area contributed by atoms with Gasteiger partial charge < -0.3 is 10.4 Å². The van der Waals surface area contributed by atoms with Gasteiger partial charge >= 0.3 is 12.1 Å². The summed E-state index contributed by atoms with van der Waals surface area (Å²) >= 11 is 0. The third kappa shape index (κ3) is 6.64. The lowest BCUT2D eigenvalue weighted by Gasteiger charge is -2.14. The molecule has 122 valence electrons. The molecule has 0 fully saturated rings. The van der Waals surface area contributed by atoms with Crippen molar-refractivity contribution < 1.29 is 23.1 Å². The van der Waals surface area contributed by atoms with Crippen LogP contribution in [0.15, 0.2) is 66.0 Å². The van der Waals surface area contributed by atoms with Crippen LogP contribution in [0.3, 0.4) is 0 Å². The number of aliphatic carboxylic acids is 1. The van der Waals surface area contributed by atoms with Gasteiger partial charge in [-0.25, -0.2) is 4.79 Å². The number of benzene rings is 1. The van der Waals surface area contributed by atoms with E-state index >= 15 is 0 Å². The van der Waals surface area contributed by atoms with Crippen LogP contribution in [0.4, 0.5) is 13.2 Å². The van der Waals surface area contributed by atoms with E-state index in [2.05, 4.69) is 16.9 Å². The summed E-state index contributed by atoms with van der Waals surface area (Å²) in [5.74, 6) is -1.22. The fourth-order valence-corrected chi connectivity index (χ4v) is 1.70. The van der Waals surface area contributed by atoms with Crippen molar-refractivity contribution in [2.45, 2.75) is 12.7 Å². The normalized spacial score (nSPS) is 12.7. The lowest BCUT2D eigenvalue weighted by molar-refractivity contribution is -0.138. The summed E-state index contributed by atoms with van der Waals surface area (Å²) in [4.78, 5) is 14.4. The highest BCUT2D eigenvalue weighted by molar-refractivity contribution is 5.81. The van der Waals surface area contributed by atoms with Crippen molar-refractivity contribution in [3.63, 3.8) is 0 Å². The maximum Gasteiger partial charge on any atom is 0.416 e. The van der Waals surface area contributed by atoms with Crippen LogP contribution in [0.1, 0.15) is 11.1 Å². The number of carboxylic acid groups (broad SMARTS) is 1. The number of halogens is 3. The van der Waals surface area contributed by atoms with E-state index in [-0.39, 0.29) is 17.8 Å². The van der Waals surface area contributed by atoms with Gasteiger partial charge in [-0.05, 0) is 23.8 Å². The predicted molar refractivity (Wildman–Crippen MR) is 81.8 cm³/mol. The van der Waals surface area contributed by atoms with Crippen molar-refractivity contribution in [2.24, 2.45) is 4.99 Å². The summed E-state index contributed by atoms with van der Waals surface area (Å²) in [7, 11) is 0. The molecule has 2 N–H and O–H groups in total. The standard InChI is InChI=1S/C16H15F3N2O2/c1-2-20-9-5-7-13(10-15(22)23)21-11-12-6-3-4-8-14(12)16(17,18)19/h2-10,21H,1,11H2,(H,22,23)/b7-5-,13-10-,20-9+. The van der Waals surface area contributed by atoms with E-state index in [1.807, 2.05) is 0 Å². The van der Waals surface area contributed by atoms with Gasteiger partial charge in [0.1, 0.15) is 0 Å². The molecule has 23 heavy (non-hydrogen) atoms. The van der Waals surface area contributed by atoms with Crippen LogP contribution in [-0.2, 0) is 17.5 Å². The molecule has 0 amide bonds. The number of carbonyl (C=O) groups is 1. The van der Waals surface area contributed by atoms with Crippen molar-refractivity contribution in [1.29, 1.82) is 0 Å². The summed E-state index contributed by atoms with van der Waals surface area (Å²) in [5.41, 5.74) is -0.603. The van der Waals surface area contributed by atoms with Gasteiger partial charge in [-0.2, -0.15) is 13.2 Å². The molecular weight excluding hydrogens is 309 g/mol. The first-order valence-corrected chi connectivity index (χ1v) is 6.49. The number of hydrogen-bond acceptors (Lipinski definition) is 3. The molecule has 0 aromatic heterocycles. The predicted octanol–water partition coefficient (Wildman–Crippen LogP) is 3.53. The smallest absolute Gasteiger partial charge is 0.416 e. The van der Waals surface area contributed by atoms with Gasteiger partial charge in [0.05, 0.1) is 5.56 Å². The maximum absolute atomic E-state index is 12.9. The van der Waals surface area contributed by atoms with Crippen molar-refractivity contribution in [3.8, 4) is 0 Å². The van der Waals surface area contributed by atoms with E-state index in [9.17, 15) is 18.0 Å². The molecule has 0 aliphatic heterocycles. The first-order chi connectivity index (χ1) is 10.8. The molecule has 1 aromatic rings. The molecule has 0 unspecified atom stereocenters. The fraction of sp³-hybridized carbons (Fsp3) is 0.125. The first kappa shape index (κ1) is 18.2. The van der Waals surface area contributed by atoms with Gasteiger partial charge in [0.15, 0.2) is 0 Å². The molecule has 0 aliphatic carbocycles. The summed E-state index contributed by atoms with van der Waals surface area (Å²) in [6.07, 6.45) is 1.87. The summed E-state index contributed by atoms with van der Waals surface area (Å²) in [6, 6.07) is 5.09. The monoisotopic (exact) mass is 324 g/mol. The number of aliphatic imine (C=N–C) groups is 1.